The Morgan fingerprint density at radius 2 is 1.94 bits per heavy atom. The highest BCUT2D eigenvalue weighted by molar-refractivity contribution is 5.20. The number of hydrazine groups is 1. The number of halogens is 2. The Bertz CT molecular complexity index is 357. The summed E-state index contributed by atoms with van der Waals surface area (Å²) in [5, 5.41) is 0. The van der Waals surface area contributed by atoms with Gasteiger partial charge in [-0.05, 0) is 30.9 Å². The van der Waals surface area contributed by atoms with Crippen molar-refractivity contribution >= 4 is 0 Å². The molecule has 1 saturated carbocycles. The number of rotatable bonds is 5. The molecule has 1 aromatic rings. The van der Waals surface area contributed by atoms with Crippen LogP contribution in [0.1, 0.15) is 31.2 Å². The van der Waals surface area contributed by atoms with Gasteiger partial charge < -0.3 is 0 Å². The van der Waals surface area contributed by atoms with E-state index in [2.05, 4.69) is 5.43 Å². The Morgan fingerprint density at radius 3 is 2.41 bits per heavy atom. The lowest BCUT2D eigenvalue weighted by Crippen LogP contribution is -2.39. The third-order valence-corrected chi connectivity index (χ3v) is 3.59. The maximum absolute atomic E-state index is 13.5. The van der Waals surface area contributed by atoms with Gasteiger partial charge in [-0.25, -0.2) is 8.78 Å². The van der Waals surface area contributed by atoms with Gasteiger partial charge in [0.15, 0.2) is 0 Å². The van der Waals surface area contributed by atoms with Crippen LogP contribution >= 0.6 is 0 Å². The third kappa shape index (κ3) is 3.01. The highest BCUT2D eigenvalue weighted by Crippen LogP contribution is 2.31. The summed E-state index contributed by atoms with van der Waals surface area (Å²) in [5.74, 6) is 5.14. The Balaban J connectivity index is 2.01. The zero-order valence-corrected chi connectivity index (χ0v) is 9.76. The van der Waals surface area contributed by atoms with Gasteiger partial charge in [0.25, 0.3) is 0 Å². The van der Waals surface area contributed by atoms with Gasteiger partial charge in [-0.15, -0.1) is 0 Å². The first kappa shape index (κ1) is 12.5. The van der Waals surface area contributed by atoms with Crippen LogP contribution in [0.5, 0.6) is 0 Å². The van der Waals surface area contributed by atoms with Gasteiger partial charge in [-0.3, -0.25) is 11.3 Å². The predicted octanol–water partition coefficient (Wildman–Crippen LogP) is 2.53. The highest BCUT2D eigenvalue weighted by Gasteiger charge is 2.23. The van der Waals surface area contributed by atoms with Crippen LogP contribution in [-0.4, -0.2) is 6.04 Å². The minimum atomic E-state index is -0.487. The second-order valence-corrected chi connectivity index (χ2v) is 4.80. The first-order chi connectivity index (χ1) is 8.20. The Labute approximate surface area is 100 Å². The van der Waals surface area contributed by atoms with Crippen molar-refractivity contribution in [3.05, 3.63) is 35.4 Å². The van der Waals surface area contributed by atoms with E-state index in [-0.39, 0.29) is 11.6 Å². The van der Waals surface area contributed by atoms with E-state index < -0.39 is 11.6 Å². The summed E-state index contributed by atoms with van der Waals surface area (Å²) in [4.78, 5) is 0. The van der Waals surface area contributed by atoms with Gasteiger partial charge in [-0.1, -0.05) is 25.3 Å². The van der Waals surface area contributed by atoms with Crippen molar-refractivity contribution in [2.75, 3.05) is 0 Å². The molecule has 0 bridgehead atoms. The summed E-state index contributed by atoms with van der Waals surface area (Å²) < 4.78 is 26.9. The average Bonchev–Trinajstić information content (AvgIpc) is 2.25. The van der Waals surface area contributed by atoms with Crippen molar-refractivity contribution < 1.29 is 8.78 Å². The van der Waals surface area contributed by atoms with Gasteiger partial charge in [0.2, 0.25) is 0 Å². The number of hydrogen-bond acceptors (Lipinski definition) is 2. The first-order valence-corrected chi connectivity index (χ1v) is 6.09. The standard InChI is InChI=1S/C13H18F2N2/c14-12-5-2-6-13(15)11(12)8-10(17-16)7-9-3-1-4-9/h2,5-6,9-10,17H,1,3-4,7-8,16H2. The van der Waals surface area contributed by atoms with Crippen LogP contribution < -0.4 is 11.3 Å². The lowest BCUT2D eigenvalue weighted by atomic mass is 9.80. The lowest BCUT2D eigenvalue weighted by molar-refractivity contribution is 0.258. The second-order valence-electron chi connectivity index (χ2n) is 4.80. The SMILES string of the molecule is NNC(Cc1c(F)cccc1F)CC1CCC1. The van der Waals surface area contributed by atoms with Gasteiger partial charge in [0.05, 0.1) is 0 Å². The molecule has 0 saturated heterocycles. The molecule has 0 radical (unpaired) electrons. The van der Waals surface area contributed by atoms with Crippen LogP contribution in [-0.2, 0) is 6.42 Å². The Morgan fingerprint density at radius 1 is 1.29 bits per heavy atom. The molecule has 0 amide bonds. The van der Waals surface area contributed by atoms with E-state index in [1.165, 1.54) is 37.5 Å². The van der Waals surface area contributed by atoms with E-state index in [0.29, 0.717) is 12.3 Å². The van der Waals surface area contributed by atoms with Crippen LogP contribution in [0.2, 0.25) is 0 Å². The molecule has 0 aliphatic heterocycles. The van der Waals surface area contributed by atoms with Gasteiger partial charge in [0, 0.05) is 11.6 Å². The zero-order valence-electron chi connectivity index (χ0n) is 9.76. The smallest absolute Gasteiger partial charge is 0.129 e. The number of nitrogens with one attached hydrogen (secondary N) is 1. The predicted molar refractivity (Wildman–Crippen MR) is 63.1 cm³/mol. The second kappa shape index (κ2) is 5.56. The third-order valence-electron chi connectivity index (χ3n) is 3.59. The van der Waals surface area contributed by atoms with Crippen molar-refractivity contribution in [1.82, 2.24) is 5.43 Å². The summed E-state index contributed by atoms with van der Waals surface area (Å²) in [6.45, 7) is 0. The number of nitrogens with two attached hydrogens (primary N) is 1. The lowest BCUT2D eigenvalue weighted by Gasteiger charge is -2.29. The monoisotopic (exact) mass is 240 g/mol. The molecule has 1 atom stereocenters. The maximum Gasteiger partial charge on any atom is 0.129 e. The normalized spacial score (nSPS) is 17.8. The molecule has 3 N–H and O–H groups in total. The molecule has 0 spiro atoms. The molecule has 2 nitrogen and oxygen atoms in total. The van der Waals surface area contributed by atoms with E-state index >= 15 is 0 Å². The van der Waals surface area contributed by atoms with Crippen molar-refractivity contribution in [3.8, 4) is 0 Å². The molecule has 0 aromatic heterocycles. The number of benzene rings is 1. The molecule has 4 heteroatoms. The molecule has 1 unspecified atom stereocenters. The summed E-state index contributed by atoms with van der Waals surface area (Å²) in [6, 6.07) is 3.90. The Hall–Kier alpha value is -1.00. The molecule has 1 fully saturated rings. The summed E-state index contributed by atoms with van der Waals surface area (Å²) >= 11 is 0. The van der Waals surface area contributed by atoms with E-state index in [1.54, 1.807) is 0 Å². The van der Waals surface area contributed by atoms with Crippen molar-refractivity contribution in [1.29, 1.82) is 0 Å². The molecule has 0 heterocycles. The van der Waals surface area contributed by atoms with E-state index in [9.17, 15) is 8.78 Å². The molecule has 1 aliphatic carbocycles. The van der Waals surface area contributed by atoms with Crippen LogP contribution in [0.15, 0.2) is 18.2 Å². The highest BCUT2D eigenvalue weighted by atomic mass is 19.1. The van der Waals surface area contributed by atoms with Crippen LogP contribution in [0, 0.1) is 17.6 Å². The molecule has 17 heavy (non-hydrogen) atoms. The molecule has 2 rings (SSSR count). The van der Waals surface area contributed by atoms with Gasteiger partial charge >= 0.3 is 0 Å². The van der Waals surface area contributed by atoms with Crippen molar-refractivity contribution in [3.63, 3.8) is 0 Å². The first-order valence-electron chi connectivity index (χ1n) is 6.09. The van der Waals surface area contributed by atoms with E-state index in [4.69, 9.17) is 5.84 Å². The minimum absolute atomic E-state index is 0.0494. The fourth-order valence-electron chi connectivity index (χ4n) is 2.31. The fraction of sp³-hybridized carbons (Fsp3) is 0.538. The summed E-state index contributed by atoms with van der Waals surface area (Å²) in [6.07, 6.45) is 4.88. The maximum atomic E-state index is 13.5. The molecular weight excluding hydrogens is 222 g/mol. The van der Waals surface area contributed by atoms with Crippen LogP contribution in [0.3, 0.4) is 0 Å². The quantitative estimate of drug-likeness (QED) is 0.613. The van der Waals surface area contributed by atoms with E-state index in [1.807, 2.05) is 0 Å². The van der Waals surface area contributed by atoms with E-state index in [0.717, 1.165) is 6.42 Å². The fourth-order valence-corrected chi connectivity index (χ4v) is 2.31. The van der Waals surface area contributed by atoms with Crippen molar-refractivity contribution in [2.24, 2.45) is 11.8 Å². The molecular formula is C13H18F2N2. The van der Waals surface area contributed by atoms with Gasteiger partial charge in [-0.2, -0.15) is 0 Å². The molecule has 94 valence electrons. The number of hydrogen-bond donors (Lipinski definition) is 2. The molecule has 1 aromatic carbocycles. The van der Waals surface area contributed by atoms with Crippen LogP contribution in [0.25, 0.3) is 0 Å². The zero-order chi connectivity index (χ0) is 12.3. The van der Waals surface area contributed by atoms with Gasteiger partial charge in [0.1, 0.15) is 11.6 Å². The van der Waals surface area contributed by atoms with Crippen molar-refractivity contribution in [2.45, 2.75) is 38.1 Å². The minimum Gasteiger partial charge on any atom is -0.271 e. The average molecular weight is 240 g/mol. The topological polar surface area (TPSA) is 38.0 Å². The summed E-state index contributed by atoms with van der Waals surface area (Å²) in [7, 11) is 0. The van der Waals surface area contributed by atoms with Crippen LogP contribution in [0.4, 0.5) is 8.78 Å². The summed E-state index contributed by atoms with van der Waals surface area (Å²) in [5.41, 5.74) is 2.80. The largest absolute Gasteiger partial charge is 0.271 e. The molecule has 1 aliphatic rings. The Kier molecular flexibility index (Phi) is 4.07.